The summed E-state index contributed by atoms with van der Waals surface area (Å²) in [6, 6.07) is 12.6. The fourth-order valence-corrected chi connectivity index (χ4v) is 6.85. The van der Waals surface area contributed by atoms with Gasteiger partial charge in [0.15, 0.2) is 11.4 Å². The highest BCUT2D eigenvalue weighted by Gasteiger charge is 2.45. The van der Waals surface area contributed by atoms with Crippen LogP contribution >= 0.6 is 0 Å². The lowest BCUT2D eigenvalue weighted by atomic mass is 10.0. The van der Waals surface area contributed by atoms with Gasteiger partial charge in [-0.2, -0.15) is 18.3 Å². The van der Waals surface area contributed by atoms with Crippen LogP contribution in [0.2, 0.25) is 0 Å². The number of carbonyl (C=O) groups excluding carboxylic acids is 7. The predicted octanol–water partition coefficient (Wildman–Crippen LogP) is 2.87. The molecule has 2 aromatic carbocycles. The first-order chi connectivity index (χ1) is 31.6. The fraction of sp³-hybridized carbons (Fsp3) is 0.286. The number of hydrogen-bond acceptors (Lipinski definition) is 15. The van der Waals surface area contributed by atoms with Crippen LogP contribution in [0.15, 0.2) is 77.7 Å². The van der Waals surface area contributed by atoms with Gasteiger partial charge in [-0.05, 0) is 55.0 Å². The summed E-state index contributed by atoms with van der Waals surface area (Å²) in [6.07, 6.45) is -0.792. The minimum Gasteiger partial charge on any atom is -0.444 e. The summed E-state index contributed by atoms with van der Waals surface area (Å²) in [4.78, 5) is 99.0. The average Bonchev–Trinajstić information content (AvgIpc) is 4.02. The smallest absolute Gasteiger partial charge is 0.405 e. The average molecular weight is 916 g/mol. The Morgan fingerprint density at radius 3 is 2.45 bits per heavy atom. The van der Waals surface area contributed by atoms with E-state index >= 15 is 0 Å². The number of nitrogens with one attached hydrogen (secondary N) is 4. The molecular formula is C42H40F3N11O10. The van der Waals surface area contributed by atoms with E-state index in [4.69, 9.17) is 19.6 Å². The summed E-state index contributed by atoms with van der Waals surface area (Å²) in [7, 11) is 1.61. The third-order valence-corrected chi connectivity index (χ3v) is 10.1. The number of likely N-dealkylation sites (N-methyl/N-ethyl adjacent to an activating group) is 1. The predicted molar refractivity (Wildman–Crippen MR) is 225 cm³/mol. The maximum Gasteiger partial charge on any atom is 0.405 e. The SMILES string of the molecule is CN(CCOCCOCCNc1cccc2c1C(=O)N(C1CCC(=O)NC1=O)C2=O)C(=O)c1ccc(-n2cc(NC(=O)c3coc(-c4ccnc(NCC(F)(F)F)c4)n3)c(C(N)=O)n2)cc1. The molecule has 0 radical (unpaired) electrons. The molecule has 7 amide bonds. The highest BCUT2D eigenvalue weighted by Crippen LogP contribution is 2.32. The first-order valence-corrected chi connectivity index (χ1v) is 20.1. The quantitative estimate of drug-likeness (QED) is 0.0589. The van der Waals surface area contributed by atoms with E-state index in [0.29, 0.717) is 23.5 Å². The molecule has 7 rings (SSSR count). The summed E-state index contributed by atoms with van der Waals surface area (Å²) >= 11 is 0. The van der Waals surface area contributed by atoms with Crippen LogP contribution in [-0.4, -0.2) is 136 Å². The first kappa shape index (κ1) is 46.0. The zero-order chi connectivity index (χ0) is 47.1. The largest absolute Gasteiger partial charge is 0.444 e. The van der Waals surface area contributed by atoms with Crippen molar-refractivity contribution in [1.29, 1.82) is 0 Å². The fourth-order valence-electron chi connectivity index (χ4n) is 6.85. The summed E-state index contributed by atoms with van der Waals surface area (Å²) in [5, 5.41) is 14.1. The lowest BCUT2D eigenvalue weighted by Gasteiger charge is -2.27. The van der Waals surface area contributed by atoms with Crippen molar-refractivity contribution in [3.8, 4) is 17.1 Å². The lowest BCUT2D eigenvalue weighted by Crippen LogP contribution is -2.54. The van der Waals surface area contributed by atoms with E-state index in [1.165, 1.54) is 40.2 Å². The Morgan fingerprint density at radius 2 is 1.73 bits per heavy atom. The Morgan fingerprint density at radius 1 is 0.970 bits per heavy atom. The number of imide groups is 2. The monoisotopic (exact) mass is 915 g/mol. The number of nitrogens with two attached hydrogens (primary N) is 1. The third kappa shape index (κ3) is 10.7. The van der Waals surface area contributed by atoms with Crippen LogP contribution in [0.1, 0.15) is 64.9 Å². The molecule has 66 heavy (non-hydrogen) atoms. The van der Waals surface area contributed by atoms with Crippen molar-refractivity contribution in [1.82, 2.24) is 34.9 Å². The Balaban J connectivity index is 0.835. The van der Waals surface area contributed by atoms with Gasteiger partial charge in [0.05, 0.1) is 55.1 Å². The highest BCUT2D eigenvalue weighted by molar-refractivity contribution is 6.25. The maximum atomic E-state index is 13.3. The van der Waals surface area contributed by atoms with Crippen molar-refractivity contribution >= 4 is 58.5 Å². The van der Waals surface area contributed by atoms with Gasteiger partial charge in [-0.25, -0.2) is 14.6 Å². The molecule has 5 heterocycles. The highest BCUT2D eigenvalue weighted by atomic mass is 19.4. The van der Waals surface area contributed by atoms with Gasteiger partial charge in [0.25, 0.3) is 29.5 Å². The summed E-state index contributed by atoms with van der Waals surface area (Å²) in [6.45, 7) is 0.136. The Bertz CT molecular complexity index is 2690. The van der Waals surface area contributed by atoms with E-state index in [1.807, 2.05) is 0 Å². The zero-order valence-electron chi connectivity index (χ0n) is 34.8. The van der Waals surface area contributed by atoms with Gasteiger partial charge in [-0.1, -0.05) is 6.07 Å². The number of rotatable bonds is 19. The van der Waals surface area contributed by atoms with Gasteiger partial charge < -0.3 is 40.5 Å². The molecule has 1 saturated heterocycles. The Labute approximate surface area is 371 Å². The molecule has 0 spiro atoms. The van der Waals surface area contributed by atoms with Gasteiger partial charge >= 0.3 is 6.18 Å². The minimum absolute atomic E-state index is 0.0208. The number of anilines is 3. The van der Waals surface area contributed by atoms with E-state index in [-0.39, 0.29) is 97.2 Å². The number of carbonyl (C=O) groups is 7. The Hall–Kier alpha value is -7.99. The number of fused-ring (bicyclic) bond motifs is 1. The van der Waals surface area contributed by atoms with Crippen molar-refractivity contribution in [2.24, 2.45) is 5.73 Å². The molecule has 6 N–H and O–H groups in total. The van der Waals surface area contributed by atoms with Crippen molar-refractivity contribution < 1.29 is 60.6 Å². The molecule has 21 nitrogen and oxygen atoms in total. The first-order valence-electron chi connectivity index (χ1n) is 20.1. The van der Waals surface area contributed by atoms with E-state index in [1.54, 1.807) is 43.4 Å². The third-order valence-electron chi connectivity index (χ3n) is 10.1. The number of nitrogens with zero attached hydrogens (tertiary/aromatic N) is 6. The van der Waals surface area contributed by atoms with Gasteiger partial charge in [-0.15, -0.1) is 0 Å². The number of pyridine rings is 1. The van der Waals surface area contributed by atoms with Crippen LogP contribution in [0.5, 0.6) is 0 Å². The van der Waals surface area contributed by atoms with Crippen LogP contribution in [0, 0.1) is 0 Å². The lowest BCUT2D eigenvalue weighted by molar-refractivity contribution is -0.136. The van der Waals surface area contributed by atoms with Crippen LogP contribution < -0.4 is 27.0 Å². The van der Waals surface area contributed by atoms with Crippen molar-refractivity contribution in [3.63, 3.8) is 0 Å². The van der Waals surface area contributed by atoms with Crippen molar-refractivity contribution in [3.05, 3.63) is 101 Å². The van der Waals surface area contributed by atoms with Crippen molar-refractivity contribution in [2.75, 3.05) is 69.1 Å². The maximum absolute atomic E-state index is 13.3. The summed E-state index contributed by atoms with van der Waals surface area (Å²) in [5.74, 6) is -4.60. The van der Waals surface area contributed by atoms with E-state index in [9.17, 15) is 46.7 Å². The number of halogens is 3. The van der Waals surface area contributed by atoms with Gasteiger partial charge in [-0.3, -0.25) is 43.8 Å². The number of piperidine rings is 1. The molecule has 1 unspecified atom stereocenters. The normalized spacial score (nSPS) is 14.8. The van der Waals surface area contributed by atoms with Gasteiger partial charge in [0.2, 0.25) is 17.7 Å². The summed E-state index contributed by atoms with van der Waals surface area (Å²) < 4.78 is 55.8. The summed E-state index contributed by atoms with van der Waals surface area (Å²) in [5.41, 5.74) is 6.69. The molecule has 0 bridgehead atoms. The number of aromatic nitrogens is 4. The van der Waals surface area contributed by atoms with E-state index < -0.39 is 54.2 Å². The molecule has 24 heteroatoms. The molecule has 3 aromatic heterocycles. The van der Waals surface area contributed by atoms with E-state index in [2.05, 4.69) is 36.3 Å². The second kappa shape index (κ2) is 19.8. The topological polar surface area (TPSA) is 275 Å². The number of benzene rings is 2. The number of ether oxygens (including phenoxy) is 2. The van der Waals surface area contributed by atoms with Crippen molar-refractivity contribution in [2.45, 2.75) is 25.1 Å². The number of amides is 7. The van der Waals surface area contributed by atoms with E-state index in [0.717, 1.165) is 11.2 Å². The second-order valence-electron chi connectivity index (χ2n) is 14.7. The molecule has 0 saturated carbocycles. The molecular weight excluding hydrogens is 876 g/mol. The minimum atomic E-state index is -4.47. The van der Waals surface area contributed by atoms with Gasteiger partial charge in [0.1, 0.15) is 24.7 Å². The molecule has 0 aliphatic carbocycles. The molecule has 1 fully saturated rings. The molecule has 5 aromatic rings. The number of alkyl halides is 3. The number of oxazole rings is 1. The standard InChI is InChI=1S/C42H40F3N11O10/c1-54(14-16-65-18-17-64-15-13-47-27-4-2-3-26-33(27)41(63)56(40(26)62)30-9-10-32(57)52-37(30)60)39(61)23-5-7-25(8-6-23)55-20-28(34(53-55)35(46)58)50-36(59)29-21-66-38(51-29)24-11-12-48-31(19-24)49-22-42(43,44)45/h2-8,11-12,19-21,30,47H,9-10,13-18,22H2,1H3,(H2,46,58)(H,48,49)(H,50,59)(H,52,57,60). The molecule has 2 aliphatic heterocycles. The molecule has 2 aliphatic rings. The Kier molecular flexibility index (Phi) is 13.8. The number of hydrogen-bond donors (Lipinski definition) is 5. The second-order valence-corrected chi connectivity index (χ2v) is 14.7. The molecule has 1 atom stereocenters. The zero-order valence-corrected chi connectivity index (χ0v) is 34.8. The van der Waals surface area contributed by atoms with Gasteiger partial charge in [0, 0.05) is 49.6 Å². The van der Waals surface area contributed by atoms with Crippen LogP contribution in [0.25, 0.3) is 17.1 Å². The van der Waals surface area contributed by atoms with Crippen LogP contribution in [0.4, 0.5) is 30.4 Å². The van der Waals surface area contributed by atoms with Crippen LogP contribution in [-0.2, 0) is 19.1 Å². The van der Waals surface area contributed by atoms with Crippen LogP contribution in [0.3, 0.4) is 0 Å². The number of primary amides is 1. The molecule has 344 valence electrons.